The number of nitro benzene ring substituents is 1. The number of carboxylic acids is 1. The Morgan fingerprint density at radius 3 is 2.62 bits per heavy atom. The molecule has 0 aliphatic heterocycles. The molecule has 1 aromatic carbocycles. The monoisotopic (exact) mass is 356 g/mol. The number of nitro groups is 1. The maximum Gasteiger partial charge on any atom is 0.306 e. The highest BCUT2D eigenvalue weighted by atomic mass is 79.9. The minimum absolute atomic E-state index is 0.0592. The van der Waals surface area contributed by atoms with E-state index in [0.29, 0.717) is 23.9 Å². The van der Waals surface area contributed by atoms with Crippen molar-refractivity contribution < 1.29 is 14.8 Å². The van der Waals surface area contributed by atoms with Crippen LogP contribution >= 0.6 is 15.9 Å². The topological polar surface area (TPSA) is 92.5 Å². The summed E-state index contributed by atoms with van der Waals surface area (Å²) in [6.45, 7) is 0.532. The minimum atomic E-state index is -0.713. The normalized spacial score (nSPS) is 22.0. The van der Waals surface area contributed by atoms with Gasteiger partial charge >= 0.3 is 5.97 Å². The summed E-state index contributed by atoms with van der Waals surface area (Å²) in [5, 5.41) is 23.2. The molecule has 1 saturated carbocycles. The molecule has 0 heterocycles. The number of hydrogen-bond donors (Lipinski definition) is 2. The molecule has 7 heteroatoms. The third-order valence-electron chi connectivity index (χ3n) is 3.91. The van der Waals surface area contributed by atoms with Gasteiger partial charge in [-0.05, 0) is 47.2 Å². The zero-order valence-corrected chi connectivity index (χ0v) is 13.0. The van der Waals surface area contributed by atoms with Gasteiger partial charge in [0.25, 0.3) is 5.69 Å². The van der Waals surface area contributed by atoms with Crippen molar-refractivity contribution in [3.63, 3.8) is 0 Å². The van der Waals surface area contributed by atoms with E-state index in [4.69, 9.17) is 5.11 Å². The zero-order chi connectivity index (χ0) is 15.4. The number of carboxylic acid groups (broad SMARTS) is 1. The van der Waals surface area contributed by atoms with Gasteiger partial charge in [-0.15, -0.1) is 0 Å². The predicted molar refractivity (Wildman–Crippen MR) is 81.0 cm³/mol. The Balaban J connectivity index is 1.91. The number of aliphatic carboxylic acids is 1. The molecule has 0 saturated heterocycles. The van der Waals surface area contributed by atoms with Crippen molar-refractivity contribution in [3.8, 4) is 0 Å². The second-order valence-electron chi connectivity index (χ2n) is 5.28. The van der Waals surface area contributed by atoms with Gasteiger partial charge in [0, 0.05) is 18.7 Å². The van der Waals surface area contributed by atoms with E-state index < -0.39 is 10.9 Å². The summed E-state index contributed by atoms with van der Waals surface area (Å²) < 4.78 is 0.502. The van der Waals surface area contributed by atoms with Crippen LogP contribution in [0.5, 0.6) is 0 Å². The maximum absolute atomic E-state index is 10.9. The average Bonchev–Trinajstić information content (AvgIpc) is 2.46. The van der Waals surface area contributed by atoms with Crippen LogP contribution in [0, 0.1) is 16.0 Å². The first-order chi connectivity index (χ1) is 9.99. The molecule has 0 radical (unpaired) electrons. The molecule has 2 N–H and O–H groups in total. The molecule has 0 spiro atoms. The third kappa shape index (κ3) is 4.01. The van der Waals surface area contributed by atoms with Crippen molar-refractivity contribution in [2.45, 2.75) is 38.3 Å². The van der Waals surface area contributed by atoms with E-state index in [-0.39, 0.29) is 17.6 Å². The highest BCUT2D eigenvalue weighted by Crippen LogP contribution is 2.29. The number of nitrogens with zero attached hydrogens (tertiary/aromatic N) is 1. The fourth-order valence-electron chi connectivity index (χ4n) is 2.64. The van der Waals surface area contributed by atoms with Crippen LogP contribution in [0.15, 0.2) is 22.7 Å². The Morgan fingerprint density at radius 1 is 1.38 bits per heavy atom. The molecule has 0 atom stereocenters. The van der Waals surface area contributed by atoms with Crippen LogP contribution in [0.1, 0.15) is 31.2 Å². The molecule has 114 valence electrons. The summed E-state index contributed by atoms with van der Waals surface area (Å²) in [6.07, 6.45) is 3.01. The van der Waals surface area contributed by atoms with E-state index in [1.165, 1.54) is 6.07 Å². The average molecular weight is 357 g/mol. The molecule has 0 aromatic heterocycles. The third-order valence-corrected chi connectivity index (χ3v) is 4.83. The molecule has 0 amide bonds. The van der Waals surface area contributed by atoms with E-state index in [1.807, 2.05) is 6.07 Å². The van der Waals surface area contributed by atoms with Crippen LogP contribution in [-0.2, 0) is 11.3 Å². The van der Waals surface area contributed by atoms with Gasteiger partial charge in [0.1, 0.15) is 0 Å². The molecule has 1 fully saturated rings. The number of nitrogens with one attached hydrogen (secondary N) is 1. The summed E-state index contributed by atoms with van der Waals surface area (Å²) in [5.74, 6) is -0.942. The molecule has 1 aromatic rings. The number of halogens is 1. The standard InChI is InChI=1S/C14H17BrN2O4/c15-13-10(2-1-3-12(13)17(20)21)8-16-11-6-4-9(5-7-11)14(18)19/h1-3,9,11,16H,4-8H2,(H,18,19). The summed E-state index contributed by atoms with van der Waals surface area (Å²) in [7, 11) is 0. The summed E-state index contributed by atoms with van der Waals surface area (Å²) >= 11 is 3.28. The van der Waals surface area contributed by atoms with Gasteiger partial charge in [-0.2, -0.15) is 0 Å². The molecule has 6 nitrogen and oxygen atoms in total. The number of hydrogen-bond acceptors (Lipinski definition) is 4. The second-order valence-corrected chi connectivity index (χ2v) is 6.07. The van der Waals surface area contributed by atoms with Gasteiger partial charge < -0.3 is 10.4 Å². The van der Waals surface area contributed by atoms with E-state index in [1.54, 1.807) is 6.07 Å². The first-order valence-corrected chi connectivity index (χ1v) is 7.66. The highest BCUT2D eigenvalue weighted by molar-refractivity contribution is 9.10. The van der Waals surface area contributed by atoms with E-state index in [0.717, 1.165) is 18.4 Å². The first-order valence-electron chi connectivity index (χ1n) is 6.87. The van der Waals surface area contributed by atoms with Gasteiger partial charge in [0.15, 0.2) is 0 Å². The number of benzene rings is 1. The van der Waals surface area contributed by atoms with Crippen molar-refractivity contribution in [2.24, 2.45) is 5.92 Å². The Kier molecular flexibility index (Phi) is 5.30. The van der Waals surface area contributed by atoms with E-state index in [9.17, 15) is 14.9 Å². The molecular weight excluding hydrogens is 340 g/mol. The van der Waals surface area contributed by atoms with Crippen molar-refractivity contribution in [3.05, 3.63) is 38.3 Å². The van der Waals surface area contributed by atoms with Crippen molar-refractivity contribution >= 4 is 27.6 Å². The molecule has 1 aliphatic rings. The largest absolute Gasteiger partial charge is 0.481 e. The number of carbonyl (C=O) groups is 1. The van der Waals surface area contributed by atoms with Crippen LogP contribution in [-0.4, -0.2) is 22.0 Å². The molecule has 1 aliphatic carbocycles. The second kappa shape index (κ2) is 7.00. The fourth-order valence-corrected chi connectivity index (χ4v) is 3.19. The Hall–Kier alpha value is -1.47. The van der Waals surface area contributed by atoms with Crippen LogP contribution in [0.25, 0.3) is 0 Å². The first kappa shape index (κ1) is 15.9. The van der Waals surface area contributed by atoms with Gasteiger partial charge in [-0.1, -0.05) is 12.1 Å². The van der Waals surface area contributed by atoms with Crippen molar-refractivity contribution in [1.29, 1.82) is 0 Å². The van der Waals surface area contributed by atoms with E-state index in [2.05, 4.69) is 21.2 Å². The zero-order valence-electron chi connectivity index (χ0n) is 11.4. The van der Waals surface area contributed by atoms with Crippen LogP contribution in [0.3, 0.4) is 0 Å². The number of rotatable bonds is 5. The lowest BCUT2D eigenvalue weighted by Gasteiger charge is -2.27. The van der Waals surface area contributed by atoms with Gasteiger partial charge in [-0.3, -0.25) is 14.9 Å². The van der Waals surface area contributed by atoms with Crippen LogP contribution in [0.2, 0.25) is 0 Å². The summed E-state index contributed by atoms with van der Waals surface area (Å²) in [4.78, 5) is 21.4. The maximum atomic E-state index is 10.9. The fraction of sp³-hybridized carbons (Fsp3) is 0.500. The highest BCUT2D eigenvalue weighted by Gasteiger charge is 2.25. The lowest BCUT2D eigenvalue weighted by molar-refractivity contribution is -0.385. The molecule has 0 unspecified atom stereocenters. The van der Waals surface area contributed by atoms with Gasteiger partial charge in [0.05, 0.1) is 15.3 Å². The van der Waals surface area contributed by atoms with Gasteiger partial charge in [0.2, 0.25) is 0 Å². The van der Waals surface area contributed by atoms with Crippen molar-refractivity contribution in [2.75, 3.05) is 0 Å². The summed E-state index contributed by atoms with van der Waals surface area (Å²) in [6, 6.07) is 5.24. The molecular formula is C14H17BrN2O4. The van der Waals surface area contributed by atoms with Crippen LogP contribution < -0.4 is 5.32 Å². The minimum Gasteiger partial charge on any atom is -0.481 e. The lowest BCUT2D eigenvalue weighted by Crippen LogP contribution is -2.34. The Labute approximate surface area is 130 Å². The predicted octanol–water partition coefficient (Wildman–Crippen LogP) is 3.09. The molecule has 21 heavy (non-hydrogen) atoms. The smallest absolute Gasteiger partial charge is 0.306 e. The Morgan fingerprint density at radius 2 is 2.05 bits per heavy atom. The van der Waals surface area contributed by atoms with Crippen molar-refractivity contribution in [1.82, 2.24) is 5.32 Å². The quantitative estimate of drug-likeness (QED) is 0.624. The van der Waals surface area contributed by atoms with E-state index >= 15 is 0 Å². The summed E-state index contributed by atoms with van der Waals surface area (Å²) in [5.41, 5.74) is 0.897. The van der Waals surface area contributed by atoms with Gasteiger partial charge in [-0.25, -0.2) is 0 Å². The lowest BCUT2D eigenvalue weighted by atomic mass is 9.86. The molecule has 2 rings (SSSR count). The Bertz CT molecular complexity index is 542. The SMILES string of the molecule is O=C(O)C1CCC(NCc2cccc([N+](=O)[O-])c2Br)CC1. The van der Waals surface area contributed by atoms with Crippen LogP contribution in [0.4, 0.5) is 5.69 Å². The molecule has 0 bridgehead atoms.